The Labute approximate surface area is 217 Å². The quantitative estimate of drug-likeness (QED) is 0.554. The minimum Gasteiger partial charge on any atom is -0.497 e. The molecule has 1 unspecified atom stereocenters. The lowest BCUT2D eigenvalue weighted by atomic mass is 10.1. The van der Waals surface area contributed by atoms with Gasteiger partial charge >= 0.3 is 0 Å². The van der Waals surface area contributed by atoms with Crippen LogP contribution in [-0.2, 0) is 9.59 Å². The Kier molecular flexibility index (Phi) is 6.94. The van der Waals surface area contributed by atoms with E-state index < -0.39 is 0 Å². The van der Waals surface area contributed by atoms with Crippen molar-refractivity contribution >= 4 is 34.8 Å². The van der Waals surface area contributed by atoms with Crippen LogP contribution in [0.15, 0.2) is 54.6 Å². The first-order valence-electron chi connectivity index (χ1n) is 12.6. The summed E-state index contributed by atoms with van der Waals surface area (Å²) in [5.41, 5.74) is 2.94. The summed E-state index contributed by atoms with van der Waals surface area (Å²) in [6.07, 6.45) is 0.232. The number of hydrogen-bond donors (Lipinski definition) is 1. The van der Waals surface area contributed by atoms with E-state index in [0.29, 0.717) is 44.3 Å². The number of ether oxygens (including phenoxy) is 1. The molecule has 3 aromatic rings. The number of piperazine rings is 1. The van der Waals surface area contributed by atoms with Gasteiger partial charge in [-0.25, -0.2) is 9.97 Å². The van der Waals surface area contributed by atoms with Crippen molar-refractivity contribution in [2.45, 2.75) is 20.3 Å². The smallest absolute Gasteiger partial charge is 0.228 e. The van der Waals surface area contributed by atoms with Gasteiger partial charge in [0.25, 0.3) is 0 Å². The van der Waals surface area contributed by atoms with E-state index >= 15 is 0 Å². The lowest BCUT2D eigenvalue weighted by Gasteiger charge is -2.36. The van der Waals surface area contributed by atoms with E-state index in [-0.39, 0.29) is 24.2 Å². The summed E-state index contributed by atoms with van der Waals surface area (Å²) in [7, 11) is 1.60. The predicted octanol–water partition coefficient (Wildman–Crippen LogP) is 3.55. The number of amides is 2. The van der Waals surface area contributed by atoms with Gasteiger partial charge in [0.2, 0.25) is 11.8 Å². The van der Waals surface area contributed by atoms with Gasteiger partial charge in [0, 0.05) is 62.7 Å². The standard InChI is InChI=1S/C28H32N6O3/c1-19-7-9-22(10-8-19)31-25-17-26(30-20(2)29-25)32-11-13-33(14-12-32)28(36)21-15-27(35)34(18-21)23-5-4-6-24(16-23)37-3/h4-10,16-17,21H,11-15,18H2,1-3H3,(H,29,30,31). The molecule has 37 heavy (non-hydrogen) atoms. The van der Waals surface area contributed by atoms with E-state index in [1.807, 2.05) is 54.3 Å². The molecule has 0 bridgehead atoms. The highest BCUT2D eigenvalue weighted by Crippen LogP contribution is 2.29. The largest absolute Gasteiger partial charge is 0.497 e. The molecule has 2 fully saturated rings. The third-order valence-corrected chi connectivity index (χ3v) is 6.90. The molecule has 0 aliphatic carbocycles. The van der Waals surface area contributed by atoms with Gasteiger partial charge in [-0.3, -0.25) is 9.59 Å². The summed E-state index contributed by atoms with van der Waals surface area (Å²) < 4.78 is 5.28. The molecule has 2 aliphatic heterocycles. The highest BCUT2D eigenvalue weighted by molar-refractivity contribution is 6.00. The van der Waals surface area contributed by atoms with Crippen LogP contribution < -0.4 is 19.9 Å². The number of aromatic nitrogens is 2. The normalized spacial score (nSPS) is 17.8. The van der Waals surface area contributed by atoms with Gasteiger partial charge in [-0.1, -0.05) is 23.8 Å². The molecule has 0 spiro atoms. The molecule has 192 valence electrons. The minimum atomic E-state index is -0.336. The molecule has 5 rings (SSSR count). The van der Waals surface area contributed by atoms with Crippen molar-refractivity contribution < 1.29 is 14.3 Å². The zero-order chi connectivity index (χ0) is 25.9. The number of hydrogen-bond acceptors (Lipinski definition) is 7. The van der Waals surface area contributed by atoms with E-state index in [1.54, 1.807) is 12.0 Å². The summed E-state index contributed by atoms with van der Waals surface area (Å²) >= 11 is 0. The first-order valence-corrected chi connectivity index (χ1v) is 12.6. The van der Waals surface area contributed by atoms with E-state index in [1.165, 1.54) is 5.56 Å². The zero-order valence-corrected chi connectivity index (χ0v) is 21.5. The van der Waals surface area contributed by atoms with Crippen LogP contribution in [0, 0.1) is 19.8 Å². The van der Waals surface area contributed by atoms with Gasteiger partial charge in [-0.2, -0.15) is 0 Å². The fourth-order valence-corrected chi connectivity index (χ4v) is 4.88. The second-order valence-corrected chi connectivity index (χ2v) is 9.57. The number of nitrogens with zero attached hydrogens (tertiary/aromatic N) is 5. The molecule has 2 aliphatic rings. The molecule has 2 aromatic carbocycles. The maximum absolute atomic E-state index is 13.3. The summed E-state index contributed by atoms with van der Waals surface area (Å²) in [5.74, 6) is 2.63. The Morgan fingerprint density at radius 1 is 1.00 bits per heavy atom. The molecule has 2 amide bonds. The van der Waals surface area contributed by atoms with Crippen LogP contribution in [0.4, 0.5) is 23.0 Å². The predicted molar refractivity (Wildman–Crippen MR) is 143 cm³/mol. The van der Waals surface area contributed by atoms with Crippen molar-refractivity contribution in [3.05, 3.63) is 66.0 Å². The highest BCUT2D eigenvalue weighted by atomic mass is 16.5. The van der Waals surface area contributed by atoms with Crippen molar-refractivity contribution in [2.75, 3.05) is 55.0 Å². The Hall–Kier alpha value is -4.14. The van der Waals surface area contributed by atoms with Crippen LogP contribution in [0.1, 0.15) is 17.8 Å². The molecule has 9 heteroatoms. The van der Waals surface area contributed by atoms with Crippen molar-refractivity contribution in [1.29, 1.82) is 0 Å². The maximum Gasteiger partial charge on any atom is 0.228 e. The molecule has 1 N–H and O–H groups in total. The van der Waals surface area contributed by atoms with Crippen LogP contribution in [-0.4, -0.2) is 66.5 Å². The first-order chi connectivity index (χ1) is 17.9. The number of nitrogens with one attached hydrogen (secondary N) is 1. The molecule has 1 atom stereocenters. The molecule has 0 radical (unpaired) electrons. The Morgan fingerprint density at radius 2 is 1.76 bits per heavy atom. The van der Waals surface area contributed by atoms with E-state index in [9.17, 15) is 9.59 Å². The fourth-order valence-electron chi connectivity index (χ4n) is 4.88. The number of carbonyl (C=O) groups is 2. The van der Waals surface area contributed by atoms with E-state index in [2.05, 4.69) is 39.2 Å². The average Bonchev–Trinajstić information content (AvgIpc) is 3.31. The van der Waals surface area contributed by atoms with Crippen LogP contribution >= 0.6 is 0 Å². The second kappa shape index (κ2) is 10.5. The SMILES string of the molecule is COc1cccc(N2CC(C(=O)N3CCN(c4cc(Nc5ccc(C)cc5)nc(C)n4)CC3)CC2=O)c1. The number of anilines is 4. The summed E-state index contributed by atoms with van der Waals surface area (Å²) in [4.78, 5) is 40.9. The minimum absolute atomic E-state index is 0.0321. The van der Waals surface area contributed by atoms with Crippen molar-refractivity contribution in [3.8, 4) is 5.75 Å². The Bertz CT molecular complexity index is 1290. The van der Waals surface area contributed by atoms with Gasteiger partial charge in [0.05, 0.1) is 13.0 Å². The number of aryl methyl sites for hydroxylation is 2. The lowest BCUT2D eigenvalue weighted by molar-refractivity contribution is -0.136. The summed E-state index contributed by atoms with van der Waals surface area (Å²) in [5, 5.41) is 3.36. The van der Waals surface area contributed by atoms with Crippen molar-refractivity contribution in [2.24, 2.45) is 5.92 Å². The van der Waals surface area contributed by atoms with Crippen molar-refractivity contribution in [1.82, 2.24) is 14.9 Å². The highest BCUT2D eigenvalue weighted by Gasteiger charge is 2.38. The summed E-state index contributed by atoms with van der Waals surface area (Å²) in [6, 6.07) is 17.5. The van der Waals surface area contributed by atoms with Gasteiger partial charge < -0.3 is 24.8 Å². The van der Waals surface area contributed by atoms with Crippen LogP contribution in [0.5, 0.6) is 5.75 Å². The molecule has 9 nitrogen and oxygen atoms in total. The third kappa shape index (κ3) is 5.50. The van der Waals surface area contributed by atoms with Gasteiger partial charge in [-0.05, 0) is 38.1 Å². The second-order valence-electron chi connectivity index (χ2n) is 9.57. The fraction of sp³-hybridized carbons (Fsp3) is 0.357. The van der Waals surface area contributed by atoms with Crippen molar-refractivity contribution in [3.63, 3.8) is 0 Å². The average molecular weight is 501 g/mol. The van der Waals surface area contributed by atoms with E-state index in [0.717, 1.165) is 23.0 Å². The van der Waals surface area contributed by atoms with Crippen LogP contribution in [0.25, 0.3) is 0 Å². The lowest BCUT2D eigenvalue weighted by Crippen LogP contribution is -2.51. The molecule has 2 saturated heterocycles. The Balaban J connectivity index is 1.20. The van der Waals surface area contributed by atoms with Crippen LogP contribution in [0.2, 0.25) is 0 Å². The number of carbonyl (C=O) groups excluding carboxylic acids is 2. The molecular weight excluding hydrogens is 468 g/mol. The number of rotatable bonds is 6. The molecule has 3 heterocycles. The van der Waals surface area contributed by atoms with E-state index in [4.69, 9.17) is 4.74 Å². The van der Waals surface area contributed by atoms with Gasteiger partial charge in [0.15, 0.2) is 0 Å². The maximum atomic E-state index is 13.3. The first kappa shape index (κ1) is 24.5. The van der Waals surface area contributed by atoms with Gasteiger partial charge in [-0.15, -0.1) is 0 Å². The molecular formula is C28H32N6O3. The number of methoxy groups -OCH3 is 1. The Morgan fingerprint density at radius 3 is 2.49 bits per heavy atom. The monoisotopic (exact) mass is 500 g/mol. The molecule has 1 aromatic heterocycles. The van der Waals surface area contributed by atoms with Crippen LogP contribution in [0.3, 0.4) is 0 Å². The summed E-state index contributed by atoms with van der Waals surface area (Å²) in [6.45, 7) is 6.86. The molecule has 0 saturated carbocycles. The topological polar surface area (TPSA) is 90.9 Å². The third-order valence-electron chi connectivity index (χ3n) is 6.90. The zero-order valence-electron chi connectivity index (χ0n) is 21.5. The number of benzene rings is 2. The van der Waals surface area contributed by atoms with Gasteiger partial charge in [0.1, 0.15) is 23.2 Å².